The van der Waals surface area contributed by atoms with Gasteiger partial charge < -0.3 is 14.5 Å². The van der Waals surface area contributed by atoms with Gasteiger partial charge in [0.2, 0.25) is 6.10 Å². The normalized spacial score (nSPS) is 19.8. The van der Waals surface area contributed by atoms with Gasteiger partial charge in [-0.05, 0) is 6.92 Å². The van der Waals surface area contributed by atoms with Gasteiger partial charge in [-0.2, -0.15) is 0 Å². The number of oxime groups is 1. The molecule has 1 aromatic rings. The second kappa shape index (κ2) is 3.72. The Kier molecular flexibility index (Phi) is 2.40. The Balaban J connectivity index is 2.17. The van der Waals surface area contributed by atoms with Crippen LogP contribution in [0, 0.1) is 0 Å². The number of hydrogen-bond donors (Lipinski definition) is 1. The number of hydrogen-bond acceptors (Lipinski definition) is 4. The van der Waals surface area contributed by atoms with Gasteiger partial charge in [-0.1, -0.05) is 5.16 Å². The summed E-state index contributed by atoms with van der Waals surface area (Å²) < 4.78 is 1.90. The number of aryl methyl sites for hydroxylation is 1. The van der Waals surface area contributed by atoms with Crippen molar-refractivity contribution in [1.29, 1.82) is 0 Å². The molecule has 1 aliphatic heterocycles. The lowest BCUT2D eigenvalue weighted by Crippen LogP contribution is -2.20. The van der Waals surface area contributed by atoms with E-state index in [1.165, 1.54) is 0 Å². The summed E-state index contributed by atoms with van der Waals surface area (Å²) in [6.45, 7) is 2.75. The lowest BCUT2D eigenvalue weighted by atomic mass is 10.1. The molecule has 0 saturated carbocycles. The molecule has 0 saturated heterocycles. The van der Waals surface area contributed by atoms with Gasteiger partial charge in [-0.25, -0.2) is 9.78 Å². The van der Waals surface area contributed by atoms with Crippen LogP contribution in [0.25, 0.3) is 0 Å². The van der Waals surface area contributed by atoms with Crippen LogP contribution in [0.4, 0.5) is 0 Å². The van der Waals surface area contributed by atoms with Crippen LogP contribution in [0.5, 0.6) is 0 Å². The van der Waals surface area contributed by atoms with Crippen LogP contribution in [0.1, 0.15) is 19.0 Å². The molecule has 0 bridgehead atoms. The van der Waals surface area contributed by atoms with Crippen molar-refractivity contribution in [1.82, 2.24) is 9.55 Å². The van der Waals surface area contributed by atoms with E-state index >= 15 is 0 Å². The SMILES string of the molecule is CCn1cncc1C1=NOC(C(=O)O)C1. The average Bonchev–Trinajstić information content (AvgIpc) is 2.85. The molecule has 1 unspecified atom stereocenters. The van der Waals surface area contributed by atoms with Crippen LogP contribution in [-0.4, -0.2) is 32.4 Å². The molecular formula is C9H11N3O3. The predicted octanol–water partition coefficient (Wildman–Crippen LogP) is 0.481. The minimum Gasteiger partial charge on any atom is -0.478 e. The first-order valence-corrected chi connectivity index (χ1v) is 4.68. The Hall–Kier alpha value is -1.85. The third kappa shape index (κ3) is 1.70. The minimum atomic E-state index is -0.990. The van der Waals surface area contributed by atoms with Crippen molar-refractivity contribution in [2.45, 2.75) is 26.0 Å². The molecular weight excluding hydrogens is 198 g/mol. The van der Waals surface area contributed by atoms with Gasteiger partial charge >= 0.3 is 5.97 Å². The summed E-state index contributed by atoms with van der Waals surface area (Å²) in [5, 5.41) is 12.5. The number of aromatic nitrogens is 2. The highest BCUT2D eigenvalue weighted by Crippen LogP contribution is 2.16. The van der Waals surface area contributed by atoms with E-state index in [0.29, 0.717) is 12.1 Å². The Labute approximate surface area is 86.2 Å². The third-order valence-electron chi connectivity index (χ3n) is 2.29. The zero-order valence-corrected chi connectivity index (χ0v) is 8.25. The van der Waals surface area contributed by atoms with Crippen LogP contribution in [0.2, 0.25) is 0 Å². The molecule has 0 spiro atoms. The van der Waals surface area contributed by atoms with Crippen molar-refractivity contribution >= 4 is 11.7 Å². The van der Waals surface area contributed by atoms with Crippen LogP contribution >= 0.6 is 0 Å². The van der Waals surface area contributed by atoms with E-state index in [0.717, 1.165) is 12.2 Å². The van der Waals surface area contributed by atoms with Gasteiger partial charge in [0.15, 0.2) is 0 Å². The topological polar surface area (TPSA) is 76.7 Å². The molecule has 0 aliphatic carbocycles. The quantitative estimate of drug-likeness (QED) is 0.785. The highest BCUT2D eigenvalue weighted by atomic mass is 16.7. The molecule has 1 aliphatic rings. The van der Waals surface area contributed by atoms with E-state index in [9.17, 15) is 4.79 Å². The Morgan fingerprint density at radius 1 is 1.80 bits per heavy atom. The number of rotatable bonds is 3. The molecule has 15 heavy (non-hydrogen) atoms. The Bertz CT molecular complexity index is 410. The van der Waals surface area contributed by atoms with Gasteiger partial charge in [-0.15, -0.1) is 0 Å². The summed E-state index contributed by atoms with van der Waals surface area (Å²) in [7, 11) is 0. The molecule has 0 fully saturated rings. The molecule has 1 N–H and O–H groups in total. The van der Waals surface area contributed by atoms with Crippen LogP contribution in [0.15, 0.2) is 17.7 Å². The number of carboxylic acid groups (broad SMARTS) is 1. The standard InChI is InChI=1S/C9H11N3O3/c1-2-12-5-10-4-7(12)6-3-8(9(13)14)15-11-6/h4-5,8H,2-3H2,1H3,(H,13,14). The van der Waals surface area contributed by atoms with Crippen LogP contribution < -0.4 is 0 Å². The highest BCUT2D eigenvalue weighted by Gasteiger charge is 2.29. The first kappa shape index (κ1) is 9.70. The first-order valence-electron chi connectivity index (χ1n) is 4.68. The van der Waals surface area contributed by atoms with E-state index in [-0.39, 0.29) is 0 Å². The summed E-state index contributed by atoms with van der Waals surface area (Å²) in [4.78, 5) is 19.4. The molecule has 0 radical (unpaired) electrons. The number of nitrogens with zero attached hydrogens (tertiary/aromatic N) is 3. The van der Waals surface area contributed by atoms with Gasteiger partial charge in [0.05, 0.1) is 18.2 Å². The molecule has 2 heterocycles. The second-order valence-corrected chi connectivity index (χ2v) is 3.24. The summed E-state index contributed by atoms with van der Waals surface area (Å²) in [5.74, 6) is -0.990. The Morgan fingerprint density at radius 3 is 3.20 bits per heavy atom. The maximum Gasteiger partial charge on any atom is 0.348 e. The lowest BCUT2D eigenvalue weighted by molar-refractivity contribution is -0.148. The molecule has 0 aromatic carbocycles. The highest BCUT2D eigenvalue weighted by molar-refractivity contribution is 6.02. The molecule has 2 rings (SSSR count). The summed E-state index contributed by atoms with van der Waals surface area (Å²) >= 11 is 0. The first-order chi connectivity index (χ1) is 7.22. The maximum absolute atomic E-state index is 10.7. The van der Waals surface area contributed by atoms with Crippen molar-refractivity contribution in [2.24, 2.45) is 5.16 Å². The number of imidazole rings is 1. The molecule has 0 amide bonds. The number of carboxylic acids is 1. The number of carbonyl (C=O) groups is 1. The third-order valence-corrected chi connectivity index (χ3v) is 2.29. The molecule has 1 atom stereocenters. The number of aliphatic carboxylic acids is 1. The van der Waals surface area contributed by atoms with E-state index < -0.39 is 12.1 Å². The smallest absolute Gasteiger partial charge is 0.348 e. The zero-order chi connectivity index (χ0) is 10.8. The summed E-state index contributed by atoms with van der Waals surface area (Å²) in [6.07, 6.45) is 2.78. The van der Waals surface area contributed by atoms with Crippen molar-refractivity contribution in [3.05, 3.63) is 18.2 Å². The largest absolute Gasteiger partial charge is 0.478 e. The fraction of sp³-hybridized carbons (Fsp3) is 0.444. The summed E-state index contributed by atoms with van der Waals surface area (Å²) in [6, 6.07) is 0. The van der Waals surface area contributed by atoms with Gasteiger partial charge in [-0.3, -0.25) is 0 Å². The average molecular weight is 209 g/mol. The predicted molar refractivity (Wildman–Crippen MR) is 51.6 cm³/mol. The second-order valence-electron chi connectivity index (χ2n) is 3.24. The van der Waals surface area contributed by atoms with Gasteiger partial charge in [0.1, 0.15) is 5.71 Å². The van der Waals surface area contributed by atoms with Gasteiger partial charge in [0.25, 0.3) is 0 Å². The molecule has 6 nitrogen and oxygen atoms in total. The van der Waals surface area contributed by atoms with E-state index in [1.54, 1.807) is 12.5 Å². The van der Waals surface area contributed by atoms with E-state index in [4.69, 9.17) is 9.94 Å². The van der Waals surface area contributed by atoms with E-state index in [1.807, 2.05) is 11.5 Å². The Morgan fingerprint density at radius 2 is 2.60 bits per heavy atom. The van der Waals surface area contributed by atoms with E-state index in [2.05, 4.69) is 10.1 Å². The van der Waals surface area contributed by atoms with Crippen molar-refractivity contribution < 1.29 is 14.7 Å². The molecule has 1 aromatic heterocycles. The van der Waals surface area contributed by atoms with Crippen molar-refractivity contribution in [2.75, 3.05) is 0 Å². The maximum atomic E-state index is 10.7. The molecule has 6 heteroatoms. The minimum absolute atomic E-state index is 0.293. The van der Waals surface area contributed by atoms with Crippen molar-refractivity contribution in [3.63, 3.8) is 0 Å². The van der Waals surface area contributed by atoms with Crippen molar-refractivity contribution in [3.8, 4) is 0 Å². The summed E-state index contributed by atoms with van der Waals surface area (Å²) in [5.41, 5.74) is 1.46. The zero-order valence-electron chi connectivity index (χ0n) is 8.25. The van der Waals surface area contributed by atoms with Crippen LogP contribution in [-0.2, 0) is 16.2 Å². The molecule has 80 valence electrons. The fourth-order valence-electron chi connectivity index (χ4n) is 1.47. The monoisotopic (exact) mass is 209 g/mol. The van der Waals surface area contributed by atoms with Crippen LogP contribution in [0.3, 0.4) is 0 Å². The fourth-order valence-corrected chi connectivity index (χ4v) is 1.47. The van der Waals surface area contributed by atoms with Gasteiger partial charge in [0, 0.05) is 13.0 Å². The lowest BCUT2D eigenvalue weighted by Gasteiger charge is -2.02.